The zero-order chi connectivity index (χ0) is 15.4. The zero-order valence-corrected chi connectivity index (χ0v) is 15.4. The van der Waals surface area contributed by atoms with Crippen LogP contribution in [0, 0.1) is 23.7 Å². The SMILES string of the molecule is CCCCC(CCC)C(C)C(C)C(CCC)CCCC. The summed E-state index contributed by atoms with van der Waals surface area (Å²) >= 11 is 0. The maximum atomic E-state index is 2.55. The minimum absolute atomic E-state index is 0.912. The van der Waals surface area contributed by atoms with Crippen molar-refractivity contribution >= 4 is 0 Å². The molecular formula is C20H42. The molecule has 0 radical (unpaired) electrons. The molecule has 0 rings (SSSR count). The van der Waals surface area contributed by atoms with Crippen LogP contribution in [0.4, 0.5) is 0 Å². The molecule has 0 saturated carbocycles. The summed E-state index contributed by atoms with van der Waals surface area (Å²) in [6.07, 6.45) is 14.1. The van der Waals surface area contributed by atoms with Gasteiger partial charge in [0, 0.05) is 0 Å². The van der Waals surface area contributed by atoms with Gasteiger partial charge in [-0.2, -0.15) is 0 Å². The molecule has 122 valence electrons. The Morgan fingerprint density at radius 2 is 0.850 bits per heavy atom. The maximum Gasteiger partial charge on any atom is -0.0386 e. The standard InChI is InChI=1S/C20H42/c1-7-11-15-19(13-9-3)17(5)18(6)20(14-10-4)16-12-8-2/h17-20H,7-16H2,1-6H3. The van der Waals surface area contributed by atoms with E-state index in [2.05, 4.69) is 41.5 Å². The minimum Gasteiger partial charge on any atom is -0.0654 e. The molecule has 0 aromatic rings. The van der Waals surface area contributed by atoms with Gasteiger partial charge in [0.05, 0.1) is 0 Å². The third-order valence-corrected chi connectivity index (χ3v) is 5.49. The van der Waals surface area contributed by atoms with Crippen molar-refractivity contribution in [1.82, 2.24) is 0 Å². The molecule has 0 heterocycles. The van der Waals surface area contributed by atoms with Crippen molar-refractivity contribution in [1.29, 1.82) is 0 Å². The molecule has 0 aromatic heterocycles. The predicted octanol–water partition coefficient (Wildman–Crippen LogP) is 7.47. The van der Waals surface area contributed by atoms with Gasteiger partial charge >= 0.3 is 0 Å². The van der Waals surface area contributed by atoms with Gasteiger partial charge in [0.1, 0.15) is 0 Å². The van der Waals surface area contributed by atoms with Gasteiger partial charge in [-0.25, -0.2) is 0 Å². The van der Waals surface area contributed by atoms with Crippen molar-refractivity contribution in [2.24, 2.45) is 23.7 Å². The van der Waals surface area contributed by atoms with E-state index in [1.807, 2.05) is 0 Å². The van der Waals surface area contributed by atoms with Crippen LogP contribution in [0.15, 0.2) is 0 Å². The van der Waals surface area contributed by atoms with Crippen LogP contribution in [0.5, 0.6) is 0 Å². The summed E-state index contributed by atoms with van der Waals surface area (Å²) in [4.78, 5) is 0. The van der Waals surface area contributed by atoms with E-state index >= 15 is 0 Å². The van der Waals surface area contributed by atoms with Crippen LogP contribution in [0.25, 0.3) is 0 Å². The van der Waals surface area contributed by atoms with Crippen LogP contribution in [0.2, 0.25) is 0 Å². The first-order valence-corrected chi connectivity index (χ1v) is 9.62. The average molecular weight is 283 g/mol. The molecule has 0 aromatic carbocycles. The van der Waals surface area contributed by atoms with Crippen LogP contribution >= 0.6 is 0 Å². The maximum absolute atomic E-state index is 2.55. The van der Waals surface area contributed by atoms with Crippen molar-refractivity contribution in [3.63, 3.8) is 0 Å². The Kier molecular flexibility index (Phi) is 12.7. The van der Waals surface area contributed by atoms with E-state index in [-0.39, 0.29) is 0 Å². The molecule has 0 aliphatic carbocycles. The number of unbranched alkanes of at least 4 members (excludes halogenated alkanes) is 2. The van der Waals surface area contributed by atoms with Gasteiger partial charge in [0.2, 0.25) is 0 Å². The van der Waals surface area contributed by atoms with Crippen molar-refractivity contribution in [2.75, 3.05) is 0 Å². The third kappa shape index (κ3) is 7.70. The van der Waals surface area contributed by atoms with Gasteiger partial charge < -0.3 is 0 Å². The smallest absolute Gasteiger partial charge is 0.0386 e. The highest BCUT2D eigenvalue weighted by atomic mass is 14.3. The Hall–Kier alpha value is 0. The molecule has 0 fully saturated rings. The Morgan fingerprint density at radius 1 is 0.500 bits per heavy atom. The largest absolute Gasteiger partial charge is 0.0654 e. The minimum atomic E-state index is 0.912. The fourth-order valence-corrected chi connectivity index (χ4v) is 3.87. The topological polar surface area (TPSA) is 0 Å². The first-order valence-electron chi connectivity index (χ1n) is 9.62. The van der Waals surface area contributed by atoms with Crippen LogP contribution in [0.3, 0.4) is 0 Å². The Balaban J connectivity index is 4.56. The van der Waals surface area contributed by atoms with E-state index in [9.17, 15) is 0 Å². The molecule has 20 heavy (non-hydrogen) atoms. The van der Waals surface area contributed by atoms with Gasteiger partial charge in [0.25, 0.3) is 0 Å². The highest BCUT2D eigenvalue weighted by molar-refractivity contribution is 4.77. The van der Waals surface area contributed by atoms with Gasteiger partial charge in [-0.1, -0.05) is 106 Å². The average Bonchev–Trinajstić information content (AvgIpc) is 2.46. The molecular weight excluding hydrogens is 240 g/mol. The fourth-order valence-electron chi connectivity index (χ4n) is 3.87. The summed E-state index contributed by atoms with van der Waals surface area (Å²) in [5.74, 6) is 3.76. The molecule has 0 heteroatoms. The second kappa shape index (κ2) is 12.7. The molecule has 0 N–H and O–H groups in total. The molecule has 0 spiro atoms. The van der Waals surface area contributed by atoms with Crippen LogP contribution < -0.4 is 0 Å². The van der Waals surface area contributed by atoms with Crippen LogP contribution in [-0.4, -0.2) is 0 Å². The lowest BCUT2D eigenvalue weighted by atomic mass is 9.71. The molecule has 4 atom stereocenters. The molecule has 0 nitrogen and oxygen atoms in total. The molecule has 0 bridgehead atoms. The predicted molar refractivity (Wildman–Crippen MR) is 94.2 cm³/mol. The van der Waals surface area contributed by atoms with Crippen molar-refractivity contribution < 1.29 is 0 Å². The Morgan fingerprint density at radius 3 is 1.10 bits per heavy atom. The summed E-state index contributed by atoms with van der Waals surface area (Å²) in [5.41, 5.74) is 0. The Labute approximate surface area is 130 Å². The quantitative estimate of drug-likeness (QED) is 0.328. The van der Waals surface area contributed by atoms with E-state index in [4.69, 9.17) is 0 Å². The number of hydrogen-bond acceptors (Lipinski definition) is 0. The van der Waals surface area contributed by atoms with Crippen molar-refractivity contribution in [3.05, 3.63) is 0 Å². The monoisotopic (exact) mass is 282 g/mol. The molecule has 4 unspecified atom stereocenters. The number of rotatable bonds is 13. The fraction of sp³-hybridized carbons (Fsp3) is 1.00. The highest BCUT2D eigenvalue weighted by Crippen LogP contribution is 2.36. The molecule has 0 aliphatic rings. The Bertz CT molecular complexity index is 174. The van der Waals surface area contributed by atoms with Gasteiger partial charge in [-0.15, -0.1) is 0 Å². The highest BCUT2D eigenvalue weighted by Gasteiger charge is 2.27. The summed E-state index contributed by atoms with van der Waals surface area (Å²) in [6, 6.07) is 0. The summed E-state index contributed by atoms with van der Waals surface area (Å²) < 4.78 is 0. The van der Waals surface area contributed by atoms with Crippen LogP contribution in [-0.2, 0) is 0 Å². The second-order valence-electron chi connectivity index (χ2n) is 7.10. The van der Waals surface area contributed by atoms with Crippen molar-refractivity contribution in [3.8, 4) is 0 Å². The zero-order valence-electron chi connectivity index (χ0n) is 15.4. The lowest BCUT2D eigenvalue weighted by molar-refractivity contribution is 0.157. The first kappa shape index (κ1) is 20.0. The molecule has 0 saturated heterocycles. The summed E-state index contributed by atoms with van der Waals surface area (Å²) in [6.45, 7) is 14.5. The van der Waals surface area contributed by atoms with Gasteiger partial charge in [-0.3, -0.25) is 0 Å². The van der Waals surface area contributed by atoms with E-state index in [0.29, 0.717) is 0 Å². The van der Waals surface area contributed by atoms with Gasteiger partial charge in [0.15, 0.2) is 0 Å². The normalized spacial score (nSPS) is 17.7. The van der Waals surface area contributed by atoms with E-state index in [1.165, 1.54) is 64.2 Å². The second-order valence-corrected chi connectivity index (χ2v) is 7.10. The van der Waals surface area contributed by atoms with Crippen LogP contribution in [0.1, 0.15) is 106 Å². The first-order chi connectivity index (χ1) is 9.62. The van der Waals surface area contributed by atoms with E-state index < -0.39 is 0 Å². The van der Waals surface area contributed by atoms with Crippen molar-refractivity contribution in [2.45, 2.75) is 106 Å². The van der Waals surface area contributed by atoms with Gasteiger partial charge in [-0.05, 0) is 23.7 Å². The molecule has 0 aliphatic heterocycles. The third-order valence-electron chi connectivity index (χ3n) is 5.49. The molecule has 0 amide bonds. The van der Waals surface area contributed by atoms with E-state index in [1.54, 1.807) is 0 Å². The van der Waals surface area contributed by atoms with E-state index in [0.717, 1.165) is 23.7 Å². The number of hydrogen-bond donors (Lipinski definition) is 0. The lowest BCUT2D eigenvalue weighted by Gasteiger charge is -2.34. The summed E-state index contributed by atoms with van der Waals surface area (Å²) in [7, 11) is 0. The lowest BCUT2D eigenvalue weighted by Crippen LogP contribution is -2.25. The summed E-state index contributed by atoms with van der Waals surface area (Å²) in [5, 5.41) is 0.